The number of nitrogen functional groups attached to an aromatic ring is 1. The molecule has 3 saturated heterocycles. The predicted molar refractivity (Wildman–Crippen MR) is 214 cm³/mol. The highest BCUT2D eigenvalue weighted by molar-refractivity contribution is 8.00. The molecule has 0 aliphatic carbocycles. The minimum atomic E-state index is -6.20. The van der Waals surface area contributed by atoms with E-state index in [4.69, 9.17) is 10.5 Å². The summed E-state index contributed by atoms with van der Waals surface area (Å²) in [6.45, 7) is 19.9. The summed E-state index contributed by atoms with van der Waals surface area (Å²) in [6, 6.07) is -0.304. The van der Waals surface area contributed by atoms with E-state index in [9.17, 15) is 48.2 Å². The molecule has 28 heteroatoms. The van der Waals surface area contributed by atoms with E-state index in [-0.39, 0.29) is 46.8 Å². The molecule has 3 aliphatic heterocycles. The lowest BCUT2D eigenvalue weighted by Crippen LogP contribution is -3.11. The summed E-state index contributed by atoms with van der Waals surface area (Å²) < 4.78 is 59.2. The van der Waals surface area contributed by atoms with Crippen LogP contribution in [0, 0.1) is 0 Å². The van der Waals surface area contributed by atoms with Gasteiger partial charge in [0.1, 0.15) is 30.2 Å². The Balaban J connectivity index is 0.000000589. The van der Waals surface area contributed by atoms with Gasteiger partial charge in [0.05, 0.1) is 64.3 Å². The molecular weight excluding hydrogens is 875 g/mol. The van der Waals surface area contributed by atoms with Crippen LogP contribution in [0.2, 0.25) is 0 Å². The van der Waals surface area contributed by atoms with Gasteiger partial charge < -0.3 is 60.3 Å². The minimum Gasteiger partial charge on any atom is -0.756 e. The third-order valence-corrected chi connectivity index (χ3v) is 15.7. The van der Waals surface area contributed by atoms with Gasteiger partial charge in [-0.3, -0.25) is 23.0 Å². The molecule has 5 heterocycles. The normalized spacial score (nSPS) is 26.5. The number of aromatic nitrogens is 4. The lowest BCUT2D eigenvalue weighted by Gasteiger charge is -2.30. The molecule has 3 aliphatic rings. The van der Waals surface area contributed by atoms with Gasteiger partial charge in [-0.2, -0.15) is 11.8 Å². The highest BCUT2D eigenvalue weighted by Gasteiger charge is 2.46. The number of aliphatic hydroxyl groups is 2. The van der Waals surface area contributed by atoms with Gasteiger partial charge in [-0.1, -0.05) is 6.42 Å². The van der Waals surface area contributed by atoms with Gasteiger partial charge in [-0.15, -0.1) is 0 Å². The van der Waals surface area contributed by atoms with E-state index < -0.39 is 67.0 Å². The quantitative estimate of drug-likeness (QED) is 0.0414. The van der Waals surface area contributed by atoms with Crippen LogP contribution in [0.1, 0.15) is 73.5 Å². The molecule has 24 nitrogen and oxygen atoms in total. The molecule has 2 aromatic rings. The number of nitrogens with zero attached hydrogens (tertiary/aromatic N) is 4. The van der Waals surface area contributed by atoms with Gasteiger partial charge in [0.25, 0.3) is 7.82 Å². The van der Waals surface area contributed by atoms with E-state index in [2.05, 4.69) is 84.8 Å². The van der Waals surface area contributed by atoms with Crippen LogP contribution in [-0.4, -0.2) is 134 Å². The number of phosphoric ester groups is 2. The van der Waals surface area contributed by atoms with Crippen molar-refractivity contribution < 1.29 is 80.4 Å². The molecule has 10 atom stereocenters. The van der Waals surface area contributed by atoms with Crippen LogP contribution in [0.5, 0.6) is 0 Å². The molecule has 0 aromatic carbocycles. The molecule has 0 radical (unpaired) electrons. The number of rotatable bonds is 20. The molecule has 344 valence electrons. The number of hydrogen-bond donors (Lipinski definition) is 8. The van der Waals surface area contributed by atoms with Crippen molar-refractivity contribution in [2.45, 2.75) is 109 Å². The van der Waals surface area contributed by atoms with Crippen LogP contribution in [0.3, 0.4) is 0 Å². The maximum atomic E-state index is 12.3. The maximum absolute atomic E-state index is 12.3. The molecule has 0 bridgehead atoms. The second-order valence-corrected chi connectivity index (χ2v) is 19.6. The van der Waals surface area contributed by atoms with Crippen LogP contribution in [-0.2, 0) is 40.9 Å². The third kappa shape index (κ3) is 15.5. The van der Waals surface area contributed by atoms with E-state index in [0.717, 1.165) is 12.1 Å². The number of urea groups is 1. The van der Waals surface area contributed by atoms with E-state index in [1.807, 2.05) is 0 Å². The first kappa shape index (κ1) is 52.0. The van der Waals surface area contributed by atoms with Crippen molar-refractivity contribution in [3.63, 3.8) is 0 Å². The summed E-state index contributed by atoms with van der Waals surface area (Å²) in [5.41, 5.74) is 6.00. The van der Waals surface area contributed by atoms with Crippen molar-refractivity contribution in [1.82, 2.24) is 30.2 Å². The fourth-order valence-electron chi connectivity index (χ4n) is 6.55. The molecule has 5 rings (SSSR count). The number of ether oxygens (including phenoxy) is 1. The molecule has 60 heavy (non-hydrogen) atoms. The summed E-state index contributed by atoms with van der Waals surface area (Å²) in [4.78, 5) is 72.4. The highest BCUT2D eigenvalue weighted by atomic mass is 32.2. The topological polar surface area (TPSA) is 341 Å². The number of unbranched alkanes of at least 4 members (excludes halogenated alkanes) is 1. The summed E-state index contributed by atoms with van der Waals surface area (Å²) in [7, 11) is -17.8. The van der Waals surface area contributed by atoms with Gasteiger partial charge in [-0.25, -0.2) is 32.9 Å². The van der Waals surface area contributed by atoms with Crippen molar-refractivity contribution in [3.8, 4) is 0 Å². The van der Waals surface area contributed by atoms with E-state index in [0.29, 0.717) is 12.8 Å². The number of aliphatic hydroxyl groups excluding tert-OH is 2. The number of phosphoric acid groups is 3. The summed E-state index contributed by atoms with van der Waals surface area (Å²) in [5, 5.41) is 26.5. The zero-order valence-electron chi connectivity index (χ0n) is 34.5. The Kier molecular flexibility index (Phi) is 20.8. The number of imidazole rings is 1. The SMILES string of the molecule is CC[NH+](CC)CC.CC[NH+](CC)CC.Nc1ncnc2c1ncn2[C@@H]1O[C@H](COP(=O)(O)OP(=O)([O-])OP(=O)([O-])OC(=O)CCCC[C@@H]2SC[C@@H]3NC(=O)N[C@@H]32)C(O)[C@@H]1O. The Hall–Kier alpha value is -2.31. The Labute approximate surface area is 353 Å². The predicted octanol–water partition coefficient (Wildman–Crippen LogP) is -1.75. The number of thioether (sulfide) groups is 1. The Morgan fingerprint density at radius 2 is 1.57 bits per heavy atom. The van der Waals surface area contributed by atoms with Gasteiger partial charge in [-0.05, 0) is 54.4 Å². The number of amides is 2. The zero-order chi connectivity index (χ0) is 44.8. The van der Waals surface area contributed by atoms with Crippen LogP contribution >= 0.6 is 35.2 Å². The highest BCUT2D eigenvalue weighted by Crippen LogP contribution is 2.64. The Bertz CT molecular complexity index is 1810. The maximum Gasteiger partial charge on any atom is 0.478 e. The Morgan fingerprint density at radius 1 is 0.950 bits per heavy atom. The first-order chi connectivity index (χ1) is 28.2. The van der Waals surface area contributed by atoms with Crippen molar-refractivity contribution in [2.24, 2.45) is 0 Å². The zero-order valence-corrected chi connectivity index (χ0v) is 38.0. The number of carbonyl (C=O) groups excluding carboxylic acids is 2. The van der Waals surface area contributed by atoms with Crippen molar-refractivity contribution >= 4 is 64.2 Å². The minimum absolute atomic E-state index is 0.00835. The van der Waals surface area contributed by atoms with Crippen LogP contribution in [0.15, 0.2) is 12.7 Å². The average Bonchev–Trinajstić information content (AvgIpc) is 3.94. The molecule has 9 N–H and O–H groups in total. The molecule has 3 fully saturated rings. The lowest BCUT2D eigenvalue weighted by atomic mass is 10.0. The second-order valence-electron chi connectivity index (χ2n) is 13.9. The van der Waals surface area contributed by atoms with E-state index in [1.165, 1.54) is 50.2 Å². The largest absolute Gasteiger partial charge is 0.756 e. The van der Waals surface area contributed by atoms with Gasteiger partial charge >= 0.3 is 27.6 Å². The monoisotopic (exact) mass is 935 g/mol. The lowest BCUT2D eigenvalue weighted by molar-refractivity contribution is -0.894. The fraction of sp³-hybridized carbons (Fsp3) is 0.781. The van der Waals surface area contributed by atoms with Gasteiger partial charge in [0.2, 0.25) is 0 Å². The smallest absolute Gasteiger partial charge is 0.478 e. The first-order valence-corrected chi connectivity index (χ1v) is 25.2. The number of fused-ring (bicyclic) bond motifs is 2. The summed E-state index contributed by atoms with van der Waals surface area (Å²) >= 11 is 1.64. The molecule has 4 unspecified atom stereocenters. The van der Waals surface area contributed by atoms with Crippen molar-refractivity contribution in [1.29, 1.82) is 0 Å². The number of anilines is 1. The number of nitrogens with one attached hydrogen (secondary N) is 4. The van der Waals surface area contributed by atoms with E-state index in [1.54, 1.807) is 21.6 Å². The molecular formula is C32H60N9O15P3S. The van der Waals surface area contributed by atoms with Gasteiger partial charge in [0.15, 0.2) is 17.7 Å². The molecule has 2 amide bonds. The first-order valence-electron chi connectivity index (χ1n) is 19.8. The summed E-state index contributed by atoms with van der Waals surface area (Å²) in [5.74, 6) is -0.606. The third-order valence-electron chi connectivity index (χ3n) is 10.1. The van der Waals surface area contributed by atoms with E-state index >= 15 is 0 Å². The van der Waals surface area contributed by atoms with Crippen molar-refractivity contribution in [2.75, 3.05) is 57.4 Å². The standard InChI is InChI=1S/C20H30N7O15P3S.2C6H15N/c21-17-14-18(23-7-22-17)27(8-24-14)19-16(30)15(29)10(39-19)5-38-43(32,33)41-45(36,37)42-44(34,35)40-12(28)4-2-1-3-11-13-9(6-46-11)25-20(31)26-13;2*1-4-7(5-2)6-3/h7-11,13,15-16,19,29-30H,1-6H2,(H,32,33)(H,34,35)(H,36,37)(H2,21,22,23)(H2,25,26,31);2*4-6H2,1-3H3/t9-,10+,11-,13-,15?,16-,19+;;/m0../s1. The summed E-state index contributed by atoms with van der Waals surface area (Å²) in [6.07, 6.45) is -3.19. The number of carbonyl (C=O) groups is 2. The number of quaternary nitrogens is 2. The molecule has 0 spiro atoms. The Morgan fingerprint density at radius 3 is 2.15 bits per heavy atom. The number of nitrogens with two attached hydrogens (primary N) is 1. The molecule has 0 saturated carbocycles. The van der Waals surface area contributed by atoms with Crippen LogP contribution < -0.4 is 36.0 Å². The van der Waals surface area contributed by atoms with Gasteiger partial charge in [0, 0.05) is 17.4 Å². The second kappa shape index (κ2) is 23.9. The average molecular weight is 936 g/mol. The van der Waals surface area contributed by atoms with Crippen LogP contribution in [0.4, 0.5) is 10.6 Å². The number of hydrogen-bond acceptors (Lipinski definition) is 19. The fourth-order valence-corrected chi connectivity index (χ4v) is 11.5. The van der Waals surface area contributed by atoms with Crippen LogP contribution in [0.25, 0.3) is 11.2 Å². The molecule has 2 aromatic heterocycles. The van der Waals surface area contributed by atoms with Crippen molar-refractivity contribution in [3.05, 3.63) is 12.7 Å².